The van der Waals surface area contributed by atoms with Crippen LogP contribution in [0.5, 0.6) is 0 Å². The molecule has 14 heteroatoms. The predicted molar refractivity (Wildman–Crippen MR) is 141 cm³/mol. The molecule has 38 heavy (non-hydrogen) atoms. The number of thiophene rings is 1. The highest BCUT2D eigenvalue weighted by molar-refractivity contribution is 7.93. The van der Waals surface area contributed by atoms with E-state index < -0.39 is 38.3 Å². The molecule has 1 aliphatic rings. The number of sulfone groups is 1. The fourth-order valence-electron chi connectivity index (χ4n) is 3.86. The van der Waals surface area contributed by atoms with E-state index in [4.69, 9.17) is 11.6 Å². The third-order valence-corrected chi connectivity index (χ3v) is 10.1. The molecule has 2 aromatic carbocycles. The number of carbonyl (C=O) groups is 2. The molecule has 1 fully saturated rings. The first-order valence-corrected chi connectivity index (χ1v) is 14.2. The van der Waals surface area contributed by atoms with Gasteiger partial charge in [-0.25, -0.2) is 13.4 Å². The number of non-ortho nitro benzene ring substituents is 1. The van der Waals surface area contributed by atoms with Crippen LogP contribution in [0.2, 0.25) is 5.02 Å². The summed E-state index contributed by atoms with van der Waals surface area (Å²) in [6.07, 6.45) is 1.06. The minimum absolute atomic E-state index is 0.0684. The third-order valence-electron chi connectivity index (χ3n) is 5.68. The van der Waals surface area contributed by atoms with Crippen molar-refractivity contribution in [2.24, 2.45) is 0 Å². The van der Waals surface area contributed by atoms with Crippen LogP contribution >= 0.6 is 34.3 Å². The zero-order valence-corrected chi connectivity index (χ0v) is 22.1. The largest absolute Gasteiger partial charge is 0.507 e. The first-order valence-electron chi connectivity index (χ1n) is 10.7. The highest BCUT2D eigenvalue weighted by Crippen LogP contribution is 2.45. The van der Waals surface area contributed by atoms with Gasteiger partial charge in [0.2, 0.25) is 9.84 Å². The Balaban J connectivity index is 1.59. The molecular formula is C24H14ClN3O7S3. The van der Waals surface area contributed by atoms with Gasteiger partial charge in [-0.1, -0.05) is 29.0 Å². The number of nitro benzene ring substituents is 1. The van der Waals surface area contributed by atoms with E-state index in [0.717, 1.165) is 35.4 Å². The van der Waals surface area contributed by atoms with Crippen LogP contribution in [-0.4, -0.2) is 35.1 Å². The van der Waals surface area contributed by atoms with E-state index in [9.17, 15) is 33.2 Å². The van der Waals surface area contributed by atoms with Crippen molar-refractivity contribution < 1.29 is 28.0 Å². The fourth-order valence-corrected chi connectivity index (χ4v) is 7.35. The first kappa shape index (κ1) is 25.7. The van der Waals surface area contributed by atoms with Gasteiger partial charge < -0.3 is 5.11 Å². The van der Waals surface area contributed by atoms with Crippen LogP contribution in [0.4, 0.5) is 10.8 Å². The Morgan fingerprint density at radius 1 is 1.08 bits per heavy atom. The summed E-state index contributed by atoms with van der Waals surface area (Å²) in [6, 6.07) is 12.8. The van der Waals surface area contributed by atoms with E-state index in [1.807, 2.05) is 0 Å². The van der Waals surface area contributed by atoms with Crippen molar-refractivity contribution >= 4 is 72.4 Å². The fraction of sp³-hybridized carbons (Fsp3) is 0.0417. The number of benzene rings is 2. The monoisotopic (exact) mass is 587 g/mol. The van der Waals surface area contributed by atoms with E-state index in [2.05, 4.69) is 4.98 Å². The normalized spacial score (nSPS) is 17.2. The summed E-state index contributed by atoms with van der Waals surface area (Å²) in [6.45, 7) is 0. The number of hydrogen-bond donors (Lipinski definition) is 1. The number of halogens is 1. The van der Waals surface area contributed by atoms with Crippen LogP contribution in [0.1, 0.15) is 16.5 Å². The average Bonchev–Trinajstić information content (AvgIpc) is 3.65. The van der Waals surface area contributed by atoms with E-state index in [1.165, 1.54) is 35.6 Å². The summed E-state index contributed by atoms with van der Waals surface area (Å²) < 4.78 is 26.1. The number of ketones is 1. The topological polar surface area (TPSA) is 148 Å². The van der Waals surface area contributed by atoms with Crippen LogP contribution in [0, 0.1) is 10.1 Å². The van der Waals surface area contributed by atoms with Crippen LogP contribution < -0.4 is 4.90 Å². The van der Waals surface area contributed by atoms with E-state index in [0.29, 0.717) is 21.2 Å². The number of aromatic nitrogens is 1. The minimum Gasteiger partial charge on any atom is -0.507 e. The number of rotatable bonds is 6. The maximum absolute atomic E-state index is 13.2. The van der Waals surface area contributed by atoms with Crippen LogP contribution in [0.15, 0.2) is 86.9 Å². The Morgan fingerprint density at radius 2 is 1.76 bits per heavy atom. The van der Waals surface area contributed by atoms with Crippen molar-refractivity contribution in [3.05, 3.63) is 103 Å². The van der Waals surface area contributed by atoms with Gasteiger partial charge in [-0.15, -0.1) is 11.3 Å². The molecule has 0 aliphatic carbocycles. The van der Waals surface area contributed by atoms with Gasteiger partial charge >= 0.3 is 5.91 Å². The Morgan fingerprint density at radius 3 is 2.37 bits per heavy atom. The lowest BCUT2D eigenvalue weighted by Gasteiger charge is -2.21. The molecule has 192 valence electrons. The molecule has 0 spiro atoms. The highest BCUT2D eigenvalue weighted by atomic mass is 35.5. The molecule has 4 aromatic rings. The Hall–Kier alpha value is -3.91. The van der Waals surface area contributed by atoms with Gasteiger partial charge in [0.1, 0.15) is 16.0 Å². The molecule has 1 atom stereocenters. The number of amides is 1. The highest BCUT2D eigenvalue weighted by Gasteiger charge is 2.48. The van der Waals surface area contributed by atoms with E-state index >= 15 is 0 Å². The lowest BCUT2D eigenvalue weighted by Crippen LogP contribution is -2.28. The minimum atomic E-state index is -4.13. The van der Waals surface area contributed by atoms with E-state index in [1.54, 1.807) is 17.5 Å². The van der Waals surface area contributed by atoms with Crippen molar-refractivity contribution in [3.8, 4) is 0 Å². The molecule has 1 saturated heterocycles. The maximum atomic E-state index is 13.2. The summed E-state index contributed by atoms with van der Waals surface area (Å²) in [7, 11) is -4.13. The Kier molecular flexibility index (Phi) is 6.61. The number of anilines is 1. The SMILES string of the molecule is O=C1C(=O)N(c2ncc(S(=O)(=O)c3ccc([N+](=O)[O-])cc3)s2)C(c2cccs2)/C1=C(\O)c1ccc(Cl)cc1. The number of nitro groups is 1. The zero-order valence-electron chi connectivity index (χ0n) is 18.8. The molecule has 1 amide bonds. The quantitative estimate of drug-likeness (QED) is 0.106. The zero-order chi connectivity index (χ0) is 27.2. The van der Waals surface area contributed by atoms with Crippen LogP contribution in [-0.2, 0) is 19.4 Å². The number of carbonyl (C=O) groups excluding carboxylic acids is 2. The summed E-state index contributed by atoms with van der Waals surface area (Å²) in [4.78, 5) is 42.2. The molecule has 5 rings (SSSR count). The summed E-state index contributed by atoms with van der Waals surface area (Å²) in [5, 5.41) is 24.1. The van der Waals surface area contributed by atoms with Gasteiger partial charge in [0.05, 0.1) is 21.6 Å². The molecule has 1 N–H and O–H groups in total. The second kappa shape index (κ2) is 9.76. The van der Waals surface area contributed by atoms with Gasteiger partial charge in [0.25, 0.3) is 11.5 Å². The van der Waals surface area contributed by atoms with Crippen molar-refractivity contribution in [1.82, 2.24) is 4.98 Å². The molecule has 0 bridgehead atoms. The average molecular weight is 588 g/mol. The number of hydrogen-bond acceptors (Lipinski definition) is 10. The van der Waals surface area contributed by atoms with Gasteiger partial charge in [-0.2, -0.15) is 0 Å². The Bertz CT molecular complexity index is 1710. The number of nitrogens with zero attached hydrogens (tertiary/aromatic N) is 3. The van der Waals surface area contributed by atoms with Crippen molar-refractivity contribution in [1.29, 1.82) is 0 Å². The van der Waals surface area contributed by atoms with Gasteiger partial charge in [-0.3, -0.25) is 24.6 Å². The first-order chi connectivity index (χ1) is 18.1. The maximum Gasteiger partial charge on any atom is 0.301 e. The second-order valence-corrected chi connectivity index (χ2v) is 12.5. The van der Waals surface area contributed by atoms with Gasteiger partial charge in [0, 0.05) is 27.6 Å². The smallest absolute Gasteiger partial charge is 0.301 e. The van der Waals surface area contributed by atoms with Crippen molar-refractivity contribution in [2.75, 3.05) is 4.90 Å². The molecule has 0 saturated carbocycles. The van der Waals surface area contributed by atoms with Gasteiger partial charge in [-0.05, 0) is 47.8 Å². The van der Waals surface area contributed by atoms with Crippen LogP contribution in [0.3, 0.4) is 0 Å². The predicted octanol–water partition coefficient (Wildman–Crippen LogP) is 5.23. The van der Waals surface area contributed by atoms with Gasteiger partial charge in [0.15, 0.2) is 5.13 Å². The molecular weight excluding hydrogens is 574 g/mol. The molecule has 0 radical (unpaired) electrons. The lowest BCUT2D eigenvalue weighted by molar-refractivity contribution is -0.384. The van der Waals surface area contributed by atoms with Crippen LogP contribution in [0.25, 0.3) is 5.76 Å². The number of Topliss-reactive ketones (excluding diaryl/α,β-unsaturated/α-hetero) is 1. The standard InChI is InChI=1S/C24H14ClN3O7S3/c25-14-5-3-13(4-6-14)21(29)19-20(17-2-1-11-36-17)27(23(31)22(19)30)24-26-12-18(37-24)38(34,35)16-9-7-15(8-10-16)28(32)33/h1-12,20,29H/b21-19+. The summed E-state index contributed by atoms with van der Waals surface area (Å²) >= 11 is 7.84. The molecule has 3 heterocycles. The molecule has 10 nitrogen and oxygen atoms in total. The number of thiazole rings is 1. The number of aliphatic hydroxyl groups excluding tert-OH is 1. The summed E-state index contributed by atoms with van der Waals surface area (Å²) in [5.74, 6) is -2.34. The Labute approximate surface area is 228 Å². The lowest BCUT2D eigenvalue weighted by atomic mass is 10.00. The molecule has 1 aliphatic heterocycles. The van der Waals surface area contributed by atoms with Crippen molar-refractivity contribution in [2.45, 2.75) is 15.1 Å². The molecule has 2 aromatic heterocycles. The number of aliphatic hydroxyl groups is 1. The van der Waals surface area contributed by atoms with Crippen molar-refractivity contribution in [3.63, 3.8) is 0 Å². The molecule has 1 unspecified atom stereocenters. The second-order valence-electron chi connectivity index (χ2n) is 7.91. The third kappa shape index (κ3) is 4.39. The summed E-state index contributed by atoms with van der Waals surface area (Å²) in [5.41, 5.74) is -0.169. The van der Waals surface area contributed by atoms with E-state index in [-0.39, 0.29) is 31.1 Å².